The number of rotatable bonds is 2. The molecule has 0 saturated heterocycles. The van der Waals surface area contributed by atoms with Gasteiger partial charge in [-0.1, -0.05) is 25.4 Å². The Bertz CT molecular complexity index is 471. The van der Waals surface area contributed by atoms with E-state index in [1.54, 1.807) is 18.2 Å². The van der Waals surface area contributed by atoms with Crippen molar-refractivity contribution in [3.05, 3.63) is 28.8 Å². The molecule has 3 N–H and O–H groups in total. The summed E-state index contributed by atoms with van der Waals surface area (Å²) in [5, 5.41) is 3.60. The van der Waals surface area contributed by atoms with E-state index in [4.69, 9.17) is 17.3 Å². The minimum Gasteiger partial charge on any atom is -0.398 e. The first-order valence-electron chi connectivity index (χ1n) is 6.23. The minimum absolute atomic E-state index is 0.105. The van der Waals surface area contributed by atoms with Crippen LogP contribution in [0, 0.1) is 5.41 Å². The van der Waals surface area contributed by atoms with Crippen LogP contribution < -0.4 is 11.1 Å². The number of nitrogens with two attached hydrogens (primary N) is 1. The first-order chi connectivity index (χ1) is 8.37. The van der Waals surface area contributed by atoms with Crippen LogP contribution >= 0.6 is 11.6 Å². The second kappa shape index (κ2) is 4.81. The minimum atomic E-state index is -0.105. The highest BCUT2D eigenvalue weighted by Gasteiger charge is 2.31. The van der Waals surface area contributed by atoms with Crippen molar-refractivity contribution >= 4 is 23.2 Å². The molecular weight excluding hydrogens is 248 g/mol. The molecule has 2 rings (SSSR count). The molecule has 1 saturated carbocycles. The highest BCUT2D eigenvalue weighted by molar-refractivity contribution is 6.31. The molecule has 1 aromatic carbocycles. The van der Waals surface area contributed by atoms with Gasteiger partial charge in [-0.3, -0.25) is 4.79 Å². The fourth-order valence-electron chi connectivity index (χ4n) is 2.56. The standard InChI is InChI=1S/C14H19ClN2O/c1-14(2)6-5-10(8-14)17-13(18)11-4-3-9(15)7-12(11)16/h3-4,7,10H,5-6,8,16H2,1-2H3,(H,17,18). The maximum Gasteiger partial charge on any atom is 0.253 e. The lowest BCUT2D eigenvalue weighted by molar-refractivity contribution is 0.0937. The fourth-order valence-corrected chi connectivity index (χ4v) is 2.74. The van der Waals surface area contributed by atoms with Crippen molar-refractivity contribution in [3.8, 4) is 0 Å². The van der Waals surface area contributed by atoms with Crippen LogP contribution in [0.25, 0.3) is 0 Å². The third-order valence-corrected chi connectivity index (χ3v) is 3.80. The number of anilines is 1. The van der Waals surface area contributed by atoms with Crippen LogP contribution in [0.4, 0.5) is 5.69 Å². The van der Waals surface area contributed by atoms with E-state index in [9.17, 15) is 4.79 Å². The lowest BCUT2D eigenvalue weighted by Gasteiger charge is -2.18. The molecule has 18 heavy (non-hydrogen) atoms. The maximum absolute atomic E-state index is 12.1. The van der Waals surface area contributed by atoms with Crippen LogP contribution in [0.15, 0.2) is 18.2 Å². The predicted molar refractivity (Wildman–Crippen MR) is 74.8 cm³/mol. The first kappa shape index (κ1) is 13.2. The van der Waals surface area contributed by atoms with Crippen molar-refractivity contribution in [1.82, 2.24) is 5.32 Å². The van der Waals surface area contributed by atoms with Gasteiger partial charge in [0, 0.05) is 16.8 Å². The molecule has 0 aromatic heterocycles. The molecule has 1 fully saturated rings. The normalized spacial score (nSPS) is 21.8. The smallest absolute Gasteiger partial charge is 0.253 e. The molecular formula is C14H19ClN2O. The molecule has 1 atom stereocenters. The predicted octanol–water partition coefficient (Wildman–Crippen LogP) is 3.23. The SMILES string of the molecule is CC1(C)CCC(NC(=O)c2ccc(Cl)cc2N)C1. The van der Waals surface area contributed by atoms with E-state index >= 15 is 0 Å². The Morgan fingerprint density at radius 1 is 1.50 bits per heavy atom. The van der Waals surface area contributed by atoms with Gasteiger partial charge in [0.05, 0.1) is 5.56 Å². The number of carbonyl (C=O) groups excluding carboxylic acids is 1. The average molecular weight is 267 g/mol. The topological polar surface area (TPSA) is 55.1 Å². The molecule has 0 spiro atoms. The molecule has 1 unspecified atom stereocenters. The summed E-state index contributed by atoms with van der Waals surface area (Å²) in [6.45, 7) is 4.46. The zero-order valence-corrected chi connectivity index (χ0v) is 11.6. The van der Waals surface area contributed by atoms with Gasteiger partial charge in [0.2, 0.25) is 0 Å². The van der Waals surface area contributed by atoms with Crippen molar-refractivity contribution in [2.45, 2.75) is 39.2 Å². The number of hydrogen-bond donors (Lipinski definition) is 2. The van der Waals surface area contributed by atoms with E-state index in [1.165, 1.54) is 0 Å². The molecule has 1 amide bonds. The van der Waals surface area contributed by atoms with E-state index in [1.807, 2.05) is 0 Å². The summed E-state index contributed by atoms with van der Waals surface area (Å²) in [6.07, 6.45) is 3.20. The number of nitrogens with one attached hydrogen (secondary N) is 1. The monoisotopic (exact) mass is 266 g/mol. The van der Waals surface area contributed by atoms with Gasteiger partial charge in [0.1, 0.15) is 0 Å². The zero-order valence-electron chi connectivity index (χ0n) is 10.8. The Kier molecular flexibility index (Phi) is 3.53. The number of halogens is 1. The number of benzene rings is 1. The molecule has 4 heteroatoms. The van der Waals surface area contributed by atoms with E-state index < -0.39 is 0 Å². The third-order valence-electron chi connectivity index (χ3n) is 3.56. The average Bonchev–Trinajstić information content (AvgIpc) is 2.57. The Balaban J connectivity index is 2.04. The molecule has 0 aliphatic heterocycles. The molecule has 3 nitrogen and oxygen atoms in total. The van der Waals surface area contributed by atoms with Gasteiger partial charge >= 0.3 is 0 Å². The van der Waals surface area contributed by atoms with Gasteiger partial charge in [0.25, 0.3) is 5.91 Å². The van der Waals surface area contributed by atoms with Crippen molar-refractivity contribution < 1.29 is 4.79 Å². The summed E-state index contributed by atoms with van der Waals surface area (Å²) in [5.74, 6) is -0.105. The summed E-state index contributed by atoms with van der Waals surface area (Å²) >= 11 is 5.82. The number of amides is 1. The number of nitrogen functional groups attached to an aromatic ring is 1. The summed E-state index contributed by atoms with van der Waals surface area (Å²) in [6, 6.07) is 5.22. The fraction of sp³-hybridized carbons (Fsp3) is 0.500. The number of carbonyl (C=O) groups is 1. The van der Waals surface area contributed by atoms with Crippen molar-refractivity contribution in [2.24, 2.45) is 5.41 Å². The van der Waals surface area contributed by atoms with Crippen LogP contribution in [-0.4, -0.2) is 11.9 Å². The largest absolute Gasteiger partial charge is 0.398 e. The van der Waals surface area contributed by atoms with Gasteiger partial charge in [-0.15, -0.1) is 0 Å². The highest BCUT2D eigenvalue weighted by atomic mass is 35.5. The zero-order chi connectivity index (χ0) is 13.3. The molecule has 0 bridgehead atoms. The second-order valence-electron chi connectivity index (χ2n) is 5.81. The molecule has 1 aromatic rings. The van der Waals surface area contributed by atoms with Crippen molar-refractivity contribution in [2.75, 3.05) is 5.73 Å². The Labute approximate surface area is 113 Å². The van der Waals surface area contributed by atoms with Crippen LogP contribution in [0.5, 0.6) is 0 Å². The van der Waals surface area contributed by atoms with Crippen molar-refractivity contribution in [1.29, 1.82) is 0 Å². The van der Waals surface area contributed by atoms with E-state index in [2.05, 4.69) is 19.2 Å². The molecule has 0 radical (unpaired) electrons. The molecule has 1 aliphatic rings. The molecule has 98 valence electrons. The molecule has 1 aliphatic carbocycles. The lowest BCUT2D eigenvalue weighted by Crippen LogP contribution is -2.33. The van der Waals surface area contributed by atoms with Crippen LogP contribution in [-0.2, 0) is 0 Å². The van der Waals surface area contributed by atoms with Gasteiger partial charge in [0.15, 0.2) is 0 Å². The van der Waals surface area contributed by atoms with Crippen LogP contribution in [0.2, 0.25) is 5.02 Å². The van der Waals surface area contributed by atoms with E-state index in [-0.39, 0.29) is 11.9 Å². The summed E-state index contributed by atoms with van der Waals surface area (Å²) in [5.41, 5.74) is 7.06. The van der Waals surface area contributed by atoms with E-state index in [0.29, 0.717) is 21.7 Å². The Morgan fingerprint density at radius 2 is 2.22 bits per heavy atom. The lowest BCUT2D eigenvalue weighted by atomic mass is 9.92. The van der Waals surface area contributed by atoms with Crippen LogP contribution in [0.1, 0.15) is 43.5 Å². The van der Waals surface area contributed by atoms with Gasteiger partial charge in [-0.2, -0.15) is 0 Å². The number of hydrogen-bond acceptors (Lipinski definition) is 2. The van der Waals surface area contributed by atoms with Gasteiger partial charge in [-0.25, -0.2) is 0 Å². The van der Waals surface area contributed by atoms with E-state index in [0.717, 1.165) is 19.3 Å². The summed E-state index contributed by atoms with van der Waals surface area (Å²) in [7, 11) is 0. The first-order valence-corrected chi connectivity index (χ1v) is 6.61. The Morgan fingerprint density at radius 3 is 2.78 bits per heavy atom. The molecule has 0 heterocycles. The summed E-state index contributed by atoms with van der Waals surface area (Å²) in [4.78, 5) is 12.1. The van der Waals surface area contributed by atoms with Gasteiger partial charge in [-0.05, 0) is 42.9 Å². The third kappa shape index (κ3) is 2.96. The maximum atomic E-state index is 12.1. The quantitative estimate of drug-likeness (QED) is 0.808. The van der Waals surface area contributed by atoms with Crippen LogP contribution in [0.3, 0.4) is 0 Å². The van der Waals surface area contributed by atoms with Gasteiger partial charge < -0.3 is 11.1 Å². The summed E-state index contributed by atoms with van der Waals surface area (Å²) < 4.78 is 0. The highest BCUT2D eigenvalue weighted by Crippen LogP contribution is 2.37. The Hall–Kier alpha value is -1.22. The van der Waals surface area contributed by atoms with Crippen molar-refractivity contribution in [3.63, 3.8) is 0 Å². The second-order valence-corrected chi connectivity index (χ2v) is 6.25.